The van der Waals surface area contributed by atoms with E-state index in [1.54, 1.807) is 28.6 Å². The van der Waals surface area contributed by atoms with E-state index in [0.717, 1.165) is 38.9 Å². The van der Waals surface area contributed by atoms with Crippen molar-refractivity contribution in [1.29, 1.82) is 0 Å². The number of sulfonamides is 1. The molecule has 1 aromatic carbocycles. The van der Waals surface area contributed by atoms with Crippen molar-refractivity contribution in [2.45, 2.75) is 36.6 Å². The molecule has 0 spiro atoms. The van der Waals surface area contributed by atoms with Gasteiger partial charge >= 0.3 is 0 Å². The van der Waals surface area contributed by atoms with E-state index in [4.69, 9.17) is 0 Å². The van der Waals surface area contributed by atoms with Crippen LogP contribution in [0.15, 0.2) is 29.2 Å². The molecule has 2 fully saturated rings. The van der Waals surface area contributed by atoms with Gasteiger partial charge in [0.1, 0.15) is 0 Å². The van der Waals surface area contributed by atoms with E-state index in [0.29, 0.717) is 25.2 Å². The van der Waals surface area contributed by atoms with E-state index in [1.807, 2.05) is 7.05 Å². The monoisotopic (exact) mass is 380 g/mol. The van der Waals surface area contributed by atoms with Gasteiger partial charge in [0.2, 0.25) is 15.9 Å². The quantitative estimate of drug-likeness (QED) is 0.799. The number of amides is 1. The lowest BCUT2D eigenvalue weighted by molar-refractivity contribution is -0.116. The molecule has 1 unspecified atom stereocenters. The van der Waals surface area contributed by atoms with Crippen LogP contribution in [0.25, 0.3) is 0 Å². The lowest BCUT2D eigenvalue weighted by atomic mass is 10.1. The molecular formula is C18H28N4O3S. The first-order chi connectivity index (χ1) is 12.4. The van der Waals surface area contributed by atoms with Gasteiger partial charge in [0, 0.05) is 37.8 Å². The van der Waals surface area contributed by atoms with Crippen LogP contribution in [0.3, 0.4) is 0 Å². The van der Waals surface area contributed by atoms with E-state index in [-0.39, 0.29) is 16.8 Å². The molecule has 2 heterocycles. The Kier molecular flexibility index (Phi) is 6.29. The first-order valence-electron chi connectivity index (χ1n) is 9.27. The summed E-state index contributed by atoms with van der Waals surface area (Å²) in [5.41, 5.74) is 0.529. The van der Waals surface area contributed by atoms with Gasteiger partial charge in [-0.3, -0.25) is 4.79 Å². The summed E-state index contributed by atoms with van der Waals surface area (Å²) in [6.07, 6.45) is 3.33. The molecule has 26 heavy (non-hydrogen) atoms. The number of carbonyl (C=O) groups excluding carboxylic acids is 1. The first kappa shape index (κ1) is 19.3. The van der Waals surface area contributed by atoms with Crippen molar-refractivity contribution in [2.24, 2.45) is 0 Å². The van der Waals surface area contributed by atoms with E-state index in [1.165, 1.54) is 0 Å². The highest BCUT2D eigenvalue weighted by Crippen LogP contribution is 2.21. The van der Waals surface area contributed by atoms with E-state index < -0.39 is 10.0 Å². The Balaban J connectivity index is 1.68. The van der Waals surface area contributed by atoms with E-state index in [9.17, 15) is 13.2 Å². The zero-order chi connectivity index (χ0) is 18.6. The highest BCUT2D eigenvalue weighted by Gasteiger charge is 2.26. The minimum absolute atomic E-state index is 0.0876. The number of benzene rings is 1. The Morgan fingerprint density at radius 3 is 2.85 bits per heavy atom. The Labute approximate surface area is 155 Å². The number of anilines is 1. The molecule has 0 bridgehead atoms. The number of carbonyl (C=O) groups is 1. The second-order valence-corrected chi connectivity index (χ2v) is 9.07. The molecule has 1 amide bonds. The summed E-state index contributed by atoms with van der Waals surface area (Å²) in [5.74, 6) is -0.0876. The van der Waals surface area contributed by atoms with Crippen LogP contribution in [0, 0.1) is 0 Å². The summed E-state index contributed by atoms with van der Waals surface area (Å²) in [5, 5.41) is 6.13. The van der Waals surface area contributed by atoms with Gasteiger partial charge in [0.25, 0.3) is 0 Å². The molecule has 2 aliphatic heterocycles. The van der Waals surface area contributed by atoms with Crippen LogP contribution in [0.2, 0.25) is 0 Å². The molecule has 7 nitrogen and oxygen atoms in total. The van der Waals surface area contributed by atoms with Gasteiger partial charge in [-0.1, -0.05) is 6.07 Å². The van der Waals surface area contributed by atoms with Crippen molar-refractivity contribution in [3.05, 3.63) is 24.3 Å². The molecule has 0 aromatic heterocycles. The van der Waals surface area contributed by atoms with Gasteiger partial charge in [-0.05, 0) is 57.6 Å². The molecule has 144 valence electrons. The maximum absolute atomic E-state index is 12.9. The third-order valence-corrected chi connectivity index (χ3v) is 6.92. The van der Waals surface area contributed by atoms with Gasteiger partial charge < -0.3 is 15.5 Å². The number of likely N-dealkylation sites (N-methyl/N-ethyl adjacent to an activating group) is 1. The fraction of sp³-hybridized carbons (Fsp3) is 0.611. The van der Waals surface area contributed by atoms with Crippen molar-refractivity contribution in [2.75, 3.05) is 45.1 Å². The molecule has 1 atom stereocenters. The molecule has 0 aliphatic carbocycles. The maximum atomic E-state index is 12.9. The number of nitrogens with one attached hydrogen (secondary N) is 2. The smallest absolute Gasteiger partial charge is 0.243 e. The first-order valence-corrected chi connectivity index (χ1v) is 10.7. The SMILES string of the molecule is CN1CCCN(S(=O)(=O)c2cccc(NC(=O)CC3CCCN3)c2)CC1. The van der Waals surface area contributed by atoms with Crippen LogP contribution in [0.1, 0.15) is 25.7 Å². The third-order valence-electron chi connectivity index (χ3n) is 5.03. The zero-order valence-electron chi connectivity index (χ0n) is 15.3. The van der Waals surface area contributed by atoms with E-state index in [2.05, 4.69) is 15.5 Å². The Morgan fingerprint density at radius 2 is 2.08 bits per heavy atom. The molecule has 2 aliphatic rings. The largest absolute Gasteiger partial charge is 0.326 e. The average Bonchev–Trinajstić information content (AvgIpc) is 3.00. The fourth-order valence-electron chi connectivity index (χ4n) is 3.51. The molecule has 2 saturated heterocycles. The minimum Gasteiger partial charge on any atom is -0.326 e. The summed E-state index contributed by atoms with van der Waals surface area (Å²) in [7, 11) is -1.54. The van der Waals surface area contributed by atoms with Gasteiger partial charge in [-0.15, -0.1) is 0 Å². The normalized spacial score (nSPS) is 22.9. The Hall–Kier alpha value is -1.48. The van der Waals surface area contributed by atoms with Gasteiger partial charge in [0.15, 0.2) is 0 Å². The molecule has 0 radical (unpaired) electrons. The van der Waals surface area contributed by atoms with Crippen molar-refractivity contribution < 1.29 is 13.2 Å². The van der Waals surface area contributed by atoms with Gasteiger partial charge in [0.05, 0.1) is 4.90 Å². The Morgan fingerprint density at radius 1 is 1.23 bits per heavy atom. The average molecular weight is 381 g/mol. The molecule has 1 aromatic rings. The van der Waals surface area contributed by atoms with Crippen LogP contribution < -0.4 is 10.6 Å². The van der Waals surface area contributed by atoms with Crippen molar-refractivity contribution in [3.8, 4) is 0 Å². The summed E-state index contributed by atoms with van der Waals surface area (Å²) in [4.78, 5) is 14.6. The molecule has 3 rings (SSSR count). The predicted molar refractivity (Wildman–Crippen MR) is 102 cm³/mol. The second kappa shape index (κ2) is 8.47. The molecular weight excluding hydrogens is 352 g/mol. The maximum Gasteiger partial charge on any atom is 0.243 e. The summed E-state index contributed by atoms with van der Waals surface area (Å²) in [6, 6.07) is 6.79. The van der Waals surface area contributed by atoms with Gasteiger partial charge in [-0.2, -0.15) is 4.31 Å². The summed E-state index contributed by atoms with van der Waals surface area (Å²) >= 11 is 0. The van der Waals surface area contributed by atoms with Crippen molar-refractivity contribution in [3.63, 3.8) is 0 Å². The van der Waals surface area contributed by atoms with Crippen LogP contribution in [0.5, 0.6) is 0 Å². The number of rotatable bonds is 5. The molecule has 2 N–H and O–H groups in total. The summed E-state index contributed by atoms with van der Waals surface area (Å²) < 4.78 is 27.4. The zero-order valence-corrected chi connectivity index (χ0v) is 16.1. The van der Waals surface area contributed by atoms with Crippen LogP contribution in [-0.4, -0.2) is 69.3 Å². The van der Waals surface area contributed by atoms with Crippen LogP contribution in [0.4, 0.5) is 5.69 Å². The van der Waals surface area contributed by atoms with Crippen LogP contribution >= 0.6 is 0 Å². The lowest BCUT2D eigenvalue weighted by Gasteiger charge is -2.20. The molecule has 8 heteroatoms. The van der Waals surface area contributed by atoms with E-state index >= 15 is 0 Å². The Bertz CT molecular complexity index is 732. The highest BCUT2D eigenvalue weighted by molar-refractivity contribution is 7.89. The second-order valence-electron chi connectivity index (χ2n) is 7.13. The molecule has 0 saturated carbocycles. The minimum atomic E-state index is -3.55. The predicted octanol–water partition coefficient (Wildman–Crippen LogP) is 1.09. The summed E-state index contributed by atoms with van der Waals surface area (Å²) in [6.45, 7) is 3.59. The van der Waals surface area contributed by atoms with Crippen molar-refractivity contribution >= 4 is 21.6 Å². The van der Waals surface area contributed by atoms with Gasteiger partial charge in [-0.25, -0.2) is 8.42 Å². The number of nitrogens with zero attached hydrogens (tertiary/aromatic N) is 2. The third kappa shape index (κ3) is 4.82. The fourth-order valence-corrected chi connectivity index (χ4v) is 5.03. The highest BCUT2D eigenvalue weighted by atomic mass is 32.2. The van der Waals surface area contributed by atoms with Crippen LogP contribution in [-0.2, 0) is 14.8 Å². The lowest BCUT2D eigenvalue weighted by Crippen LogP contribution is -2.34. The topological polar surface area (TPSA) is 81.8 Å². The number of hydrogen-bond donors (Lipinski definition) is 2. The van der Waals surface area contributed by atoms with Crippen molar-refractivity contribution in [1.82, 2.24) is 14.5 Å². The number of hydrogen-bond acceptors (Lipinski definition) is 5. The standard InChI is InChI=1S/C18H28N4O3S/c1-21-9-4-10-22(12-11-21)26(24,25)17-7-2-5-16(13-17)20-18(23)14-15-6-3-8-19-15/h2,5,7,13,15,19H,3-4,6,8-12,14H2,1H3,(H,20,23).